The van der Waals surface area contributed by atoms with E-state index in [-0.39, 0.29) is 18.0 Å². The summed E-state index contributed by atoms with van der Waals surface area (Å²) in [4.78, 5) is 13.9. The van der Waals surface area contributed by atoms with Gasteiger partial charge in [-0.15, -0.1) is 0 Å². The molecule has 1 heterocycles. The molecule has 0 aromatic heterocycles. The fourth-order valence-corrected chi connectivity index (χ4v) is 2.35. The number of aliphatic hydroxyl groups excluding tert-OH is 1. The van der Waals surface area contributed by atoms with Gasteiger partial charge in [-0.1, -0.05) is 0 Å². The molecule has 0 aliphatic carbocycles. The first-order valence-corrected chi connectivity index (χ1v) is 6.26. The third-order valence-electron chi connectivity index (χ3n) is 3.63. The molecule has 1 amide bonds. The third-order valence-corrected chi connectivity index (χ3v) is 3.63. The lowest BCUT2D eigenvalue weighted by atomic mass is 9.88. The molecule has 3 nitrogen and oxygen atoms in total. The minimum atomic E-state index is -1.04. The van der Waals surface area contributed by atoms with Crippen molar-refractivity contribution in [1.82, 2.24) is 4.90 Å². The maximum Gasteiger partial charge on any atom is 0.254 e. The molecule has 1 aromatic rings. The number of likely N-dealkylation sites (tertiary alicyclic amines) is 1. The summed E-state index contributed by atoms with van der Waals surface area (Å²) in [7, 11) is 0. The Bertz CT molecular complexity index is 502. The maximum atomic E-state index is 13.2. The van der Waals surface area contributed by atoms with Crippen LogP contribution >= 0.6 is 0 Å². The first kappa shape index (κ1) is 13.9. The number of halogens is 2. The van der Waals surface area contributed by atoms with Crippen LogP contribution < -0.4 is 0 Å². The number of carbonyl (C=O) groups excluding carboxylic acids is 1. The van der Waals surface area contributed by atoms with E-state index in [1.54, 1.807) is 0 Å². The monoisotopic (exact) mass is 269 g/mol. The Morgan fingerprint density at radius 2 is 2.05 bits per heavy atom. The number of carbonyl (C=O) groups is 1. The van der Waals surface area contributed by atoms with Gasteiger partial charge in [0, 0.05) is 17.6 Å². The number of piperidine rings is 1. The fourth-order valence-electron chi connectivity index (χ4n) is 2.35. The lowest BCUT2D eigenvalue weighted by Crippen LogP contribution is -2.54. The molecular formula is C14H17F2NO2. The second-order valence-corrected chi connectivity index (χ2v) is 5.55. The van der Waals surface area contributed by atoms with E-state index >= 15 is 0 Å². The number of nitrogens with zero attached hydrogens (tertiary/aromatic N) is 1. The van der Waals surface area contributed by atoms with Crippen molar-refractivity contribution in [3.63, 3.8) is 0 Å². The molecule has 0 bridgehead atoms. The van der Waals surface area contributed by atoms with Gasteiger partial charge >= 0.3 is 0 Å². The van der Waals surface area contributed by atoms with Gasteiger partial charge in [0.25, 0.3) is 5.91 Å². The maximum absolute atomic E-state index is 13.2. The van der Waals surface area contributed by atoms with Crippen LogP contribution in [0, 0.1) is 11.6 Å². The molecule has 1 fully saturated rings. The molecule has 1 aliphatic rings. The van der Waals surface area contributed by atoms with Crippen LogP contribution in [0.4, 0.5) is 8.78 Å². The quantitative estimate of drug-likeness (QED) is 0.850. The predicted octanol–water partition coefficient (Wildman–Crippen LogP) is 2.34. The van der Waals surface area contributed by atoms with Crippen LogP contribution in [-0.4, -0.2) is 34.1 Å². The van der Waals surface area contributed by atoms with Gasteiger partial charge < -0.3 is 10.0 Å². The van der Waals surface area contributed by atoms with Crippen molar-refractivity contribution in [2.75, 3.05) is 6.54 Å². The van der Waals surface area contributed by atoms with Gasteiger partial charge in [-0.25, -0.2) is 8.78 Å². The minimum absolute atomic E-state index is 0.0982. The average molecular weight is 269 g/mol. The largest absolute Gasteiger partial charge is 0.391 e. The van der Waals surface area contributed by atoms with Crippen molar-refractivity contribution in [2.24, 2.45) is 0 Å². The lowest BCUT2D eigenvalue weighted by Gasteiger charge is -2.44. The first-order valence-electron chi connectivity index (χ1n) is 6.26. The van der Waals surface area contributed by atoms with Crippen molar-refractivity contribution >= 4 is 5.91 Å². The van der Waals surface area contributed by atoms with E-state index in [2.05, 4.69) is 0 Å². The van der Waals surface area contributed by atoms with Gasteiger partial charge in [-0.2, -0.15) is 0 Å². The Morgan fingerprint density at radius 1 is 1.37 bits per heavy atom. The first-order chi connectivity index (χ1) is 8.81. The standard InChI is InChI=1S/C14H17F2NO2/c1-14(2)6-5-10(18)8-17(14)13(19)9-3-4-11(15)12(16)7-9/h3-4,7,10,18H,5-6,8H2,1-2H3. The van der Waals surface area contributed by atoms with Gasteiger partial charge in [0.2, 0.25) is 0 Å². The zero-order chi connectivity index (χ0) is 14.2. The Morgan fingerprint density at radius 3 is 2.68 bits per heavy atom. The third kappa shape index (κ3) is 2.76. The molecule has 0 spiro atoms. The average Bonchev–Trinajstić information content (AvgIpc) is 2.35. The van der Waals surface area contributed by atoms with Gasteiger partial charge in [0.15, 0.2) is 11.6 Å². The normalized spacial score (nSPS) is 22.4. The highest BCUT2D eigenvalue weighted by Crippen LogP contribution is 2.29. The van der Waals surface area contributed by atoms with Crippen LogP contribution in [0.5, 0.6) is 0 Å². The molecule has 1 aromatic carbocycles. The summed E-state index contributed by atoms with van der Waals surface area (Å²) in [5.74, 6) is -2.40. The summed E-state index contributed by atoms with van der Waals surface area (Å²) in [5.41, 5.74) is -0.303. The Balaban J connectivity index is 2.29. The van der Waals surface area contributed by atoms with E-state index in [0.717, 1.165) is 12.1 Å². The van der Waals surface area contributed by atoms with Crippen LogP contribution in [-0.2, 0) is 0 Å². The highest BCUT2D eigenvalue weighted by Gasteiger charge is 2.37. The zero-order valence-electron chi connectivity index (χ0n) is 11.0. The van der Waals surface area contributed by atoms with Crippen LogP contribution in [0.2, 0.25) is 0 Å². The van der Waals surface area contributed by atoms with Gasteiger partial charge in [0.05, 0.1) is 6.10 Å². The molecule has 1 atom stereocenters. The summed E-state index contributed by atoms with van der Waals surface area (Å²) >= 11 is 0. The molecule has 2 rings (SSSR count). The summed E-state index contributed by atoms with van der Waals surface area (Å²) in [5, 5.41) is 9.68. The SMILES string of the molecule is CC1(C)CCC(O)CN1C(=O)c1ccc(F)c(F)c1. The molecule has 0 radical (unpaired) electrons. The van der Waals surface area contributed by atoms with Crippen LogP contribution in [0.15, 0.2) is 18.2 Å². The number of amides is 1. The molecule has 1 N–H and O–H groups in total. The summed E-state index contributed by atoms with van der Waals surface area (Å²) in [6, 6.07) is 3.10. The van der Waals surface area contributed by atoms with Gasteiger partial charge in [-0.05, 0) is 44.9 Å². The topological polar surface area (TPSA) is 40.5 Å². The molecule has 104 valence electrons. The molecule has 1 saturated heterocycles. The number of hydrogen-bond donors (Lipinski definition) is 1. The molecule has 19 heavy (non-hydrogen) atoms. The van der Waals surface area contributed by atoms with E-state index in [1.165, 1.54) is 11.0 Å². The summed E-state index contributed by atoms with van der Waals surface area (Å²) in [6.07, 6.45) is 0.736. The Hall–Kier alpha value is -1.49. The van der Waals surface area contributed by atoms with E-state index in [1.807, 2.05) is 13.8 Å². The van der Waals surface area contributed by atoms with E-state index < -0.39 is 23.3 Å². The van der Waals surface area contributed by atoms with Crippen molar-refractivity contribution in [3.05, 3.63) is 35.4 Å². The number of benzene rings is 1. The second kappa shape index (κ2) is 4.89. The summed E-state index contributed by atoms with van der Waals surface area (Å²) < 4.78 is 26.1. The molecule has 5 heteroatoms. The molecule has 0 saturated carbocycles. The van der Waals surface area contributed by atoms with E-state index in [4.69, 9.17) is 0 Å². The fraction of sp³-hybridized carbons (Fsp3) is 0.500. The Labute approximate surface area is 110 Å². The van der Waals surface area contributed by atoms with E-state index in [9.17, 15) is 18.7 Å². The van der Waals surface area contributed by atoms with Crippen molar-refractivity contribution in [1.29, 1.82) is 0 Å². The predicted molar refractivity (Wildman–Crippen MR) is 66.7 cm³/mol. The highest BCUT2D eigenvalue weighted by molar-refractivity contribution is 5.94. The van der Waals surface area contributed by atoms with Crippen LogP contribution in [0.1, 0.15) is 37.0 Å². The Kier molecular flexibility index (Phi) is 3.58. The van der Waals surface area contributed by atoms with Crippen molar-refractivity contribution in [2.45, 2.75) is 38.3 Å². The summed E-state index contributed by atoms with van der Waals surface area (Å²) in [6.45, 7) is 4.01. The molecular weight excluding hydrogens is 252 g/mol. The van der Waals surface area contributed by atoms with Crippen LogP contribution in [0.25, 0.3) is 0 Å². The number of hydrogen-bond acceptors (Lipinski definition) is 2. The van der Waals surface area contributed by atoms with E-state index in [0.29, 0.717) is 12.8 Å². The number of rotatable bonds is 1. The minimum Gasteiger partial charge on any atom is -0.391 e. The number of aliphatic hydroxyl groups is 1. The van der Waals surface area contributed by atoms with Gasteiger partial charge in [-0.3, -0.25) is 4.79 Å². The second-order valence-electron chi connectivity index (χ2n) is 5.55. The number of β-amino-alcohol motifs (C(OH)–C–C–N with tert-alkyl or cyclic N) is 1. The van der Waals surface area contributed by atoms with Gasteiger partial charge in [0.1, 0.15) is 0 Å². The zero-order valence-corrected chi connectivity index (χ0v) is 11.0. The smallest absolute Gasteiger partial charge is 0.254 e. The van der Waals surface area contributed by atoms with Crippen molar-refractivity contribution in [3.8, 4) is 0 Å². The lowest BCUT2D eigenvalue weighted by molar-refractivity contribution is 0.00151. The highest BCUT2D eigenvalue weighted by atomic mass is 19.2. The molecule has 1 unspecified atom stereocenters. The van der Waals surface area contributed by atoms with Crippen molar-refractivity contribution < 1.29 is 18.7 Å². The molecule has 1 aliphatic heterocycles. The van der Waals surface area contributed by atoms with Crippen LogP contribution in [0.3, 0.4) is 0 Å².